The molecule has 1 aliphatic carbocycles. The molecule has 2 aromatic heterocycles. The van der Waals surface area contributed by atoms with Crippen LogP contribution in [0.3, 0.4) is 0 Å². The minimum atomic E-state index is -1.16. The van der Waals surface area contributed by atoms with Gasteiger partial charge in [0.25, 0.3) is 0 Å². The Morgan fingerprint density at radius 2 is 1.88 bits per heavy atom. The Morgan fingerprint density at radius 1 is 1.06 bits per heavy atom. The van der Waals surface area contributed by atoms with Crippen LogP contribution in [0.5, 0.6) is 5.75 Å². The smallest absolute Gasteiger partial charge is 0.249 e. The van der Waals surface area contributed by atoms with Crippen molar-refractivity contribution in [2.45, 2.75) is 89.2 Å². The van der Waals surface area contributed by atoms with Gasteiger partial charge in [0.2, 0.25) is 17.7 Å². The lowest BCUT2D eigenvalue weighted by molar-refractivity contribution is -0.135. The Kier molecular flexibility index (Phi) is 7.64. The number of nitrogens with zero attached hydrogens (tertiary/aromatic N) is 2. The number of hydrogen-bond donors (Lipinski definition) is 4. The summed E-state index contributed by atoms with van der Waals surface area (Å²) in [5.41, 5.74) is 3.24. The van der Waals surface area contributed by atoms with Gasteiger partial charge in [-0.15, -0.1) is 0 Å². The van der Waals surface area contributed by atoms with E-state index in [1.165, 1.54) is 6.26 Å². The van der Waals surface area contributed by atoms with E-state index in [0.717, 1.165) is 54.5 Å². The fourth-order valence-electron chi connectivity index (χ4n) is 8.12. The number of aliphatic hydroxyl groups is 2. The summed E-state index contributed by atoms with van der Waals surface area (Å²) in [6.45, 7) is 3.28. The van der Waals surface area contributed by atoms with Crippen molar-refractivity contribution >= 4 is 17.4 Å². The molecule has 1 spiro atoms. The number of aliphatic hydroxyl groups excluding tert-OH is 2. The van der Waals surface area contributed by atoms with E-state index in [-0.39, 0.29) is 42.4 Å². The molecule has 1 saturated carbocycles. The van der Waals surface area contributed by atoms with Gasteiger partial charge in [-0.2, -0.15) is 0 Å². The highest BCUT2D eigenvalue weighted by Gasteiger charge is 2.61. The Bertz CT molecular complexity index is 1870. The molecule has 4 N–H and O–H groups in total. The molecule has 4 aromatic rings. The summed E-state index contributed by atoms with van der Waals surface area (Å²) in [6.07, 6.45) is 4.77. The van der Waals surface area contributed by atoms with Gasteiger partial charge < -0.3 is 34.4 Å². The van der Waals surface area contributed by atoms with E-state index in [4.69, 9.17) is 18.6 Å². The third-order valence-electron chi connectivity index (χ3n) is 10.6. The van der Waals surface area contributed by atoms with Gasteiger partial charge in [-0.25, -0.2) is 9.97 Å². The minimum absolute atomic E-state index is 0.0515. The van der Waals surface area contributed by atoms with Crippen molar-refractivity contribution in [3.05, 3.63) is 82.8 Å². The molecule has 11 heteroatoms. The van der Waals surface area contributed by atoms with Gasteiger partial charge in [-0.1, -0.05) is 63.4 Å². The summed E-state index contributed by atoms with van der Waals surface area (Å²) in [6, 6.07) is 13.3. The number of oxazole rings is 2. The van der Waals surface area contributed by atoms with Gasteiger partial charge in [0.05, 0.1) is 6.61 Å². The highest BCUT2D eigenvalue weighted by molar-refractivity contribution is 5.89. The van der Waals surface area contributed by atoms with Crippen molar-refractivity contribution in [3.63, 3.8) is 0 Å². The fraction of sp³-hybridized carbons (Fsp3) is 0.459. The second-order valence-electron chi connectivity index (χ2n) is 14.0. The van der Waals surface area contributed by atoms with Gasteiger partial charge in [0, 0.05) is 23.6 Å². The number of benzene rings is 2. The van der Waals surface area contributed by atoms with Crippen molar-refractivity contribution in [2.75, 3.05) is 5.32 Å². The second-order valence-corrected chi connectivity index (χ2v) is 14.0. The molecular weight excluding hydrogens is 612 g/mol. The average Bonchev–Trinajstić information content (AvgIpc) is 3.87. The lowest BCUT2D eigenvalue weighted by Gasteiger charge is -2.31. The number of Topliss-reactive ketones (excluding diaryl/α,β-unsaturated/α-hetero) is 1. The molecule has 2 aromatic carbocycles. The molecule has 0 saturated heterocycles. The van der Waals surface area contributed by atoms with E-state index in [1.807, 2.05) is 36.4 Å². The van der Waals surface area contributed by atoms with Crippen LogP contribution in [0.15, 0.2) is 57.6 Å². The van der Waals surface area contributed by atoms with Crippen LogP contribution in [-0.2, 0) is 28.0 Å². The summed E-state index contributed by atoms with van der Waals surface area (Å²) in [5.74, 6) is 0.0754. The van der Waals surface area contributed by atoms with Crippen molar-refractivity contribution in [1.82, 2.24) is 15.3 Å². The maximum atomic E-state index is 14.3. The van der Waals surface area contributed by atoms with Gasteiger partial charge in [-0.05, 0) is 54.4 Å². The number of para-hydroxylation sites is 1. The number of carbonyl (C=O) groups is 2. The first-order valence-corrected chi connectivity index (χ1v) is 17.0. The highest BCUT2D eigenvalue weighted by Crippen LogP contribution is 2.59. The number of aromatic nitrogens is 2. The molecule has 250 valence electrons. The average molecular weight is 653 g/mol. The van der Waals surface area contributed by atoms with Crippen LogP contribution in [0, 0.1) is 17.8 Å². The van der Waals surface area contributed by atoms with E-state index in [0.29, 0.717) is 35.2 Å². The largest absolute Gasteiger partial charge is 0.469 e. The number of fused-ring (bicyclic) bond motifs is 4. The standard InChI is InChI=1S/C37H40N4O7/c1-19(2)31(44)27(43)16-22-14-20-12-13-28-25(15-20)37(24-10-6-7-11-26(24)39-36(37)47-28)32-30(34-38-23(17-42)18-46-34)41-35(48-32)29(40-33(22)45)21-8-4-3-5-9-21/h6-7,10-13,15,18-19,21-22,29,31,36,39,42,44H,3-5,8-9,14,16-17H2,1-2H3,(H,40,45)/t22?,29-,31-,36?,37-/m0/s1. The van der Waals surface area contributed by atoms with Crippen molar-refractivity contribution in [3.8, 4) is 17.3 Å². The quantitative estimate of drug-likeness (QED) is 0.209. The lowest BCUT2D eigenvalue weighted by Crippen LogP contribution is -2.41. The summed E-state index contributed by atoms with van der Waals surface area (Å²) in [5, 5.41) is 27.4. The first-order valence-electron chi connectivity index (χ1n) is 17.0. The molecular formula is C37H40N4O7. The van der Waals surface area contributed by atoms with Gasteiger partial charge in [0.15, 0.2) is 23.5 Å². The van der Waals surface area contributed by atoms with E-state index < -0.39 is 29.7 Å². The second kappa shape index (κ2) is 11.9. The monoisotopic (exact) mass is 652 g/mol. The zero-order chi connectivity index (χ0) is 33.2. The van der Waals surface area contributed by atoms with Crippen molar-refractivity contribution in [2.24, 2.45) is 17.8 Å². The number of nitrogens with one attached hydrogen (secondary N) is 2. The van der Waals surface area contributed by atoms with Gasteiger partial charge in [0.1, 0.15) is 35.3 Å². The number of rotatable bonds is 7. The first kappa shape index (κ1) is 30.8. The van der Waals surface area contributed by atoms with Crippen LogP contribution in [0.25, 0.3) is 11.6 Å². The number of amides is 1. The molecule has 2 unspecified atom stereocenters. The molecule has 8 rings (SSSR count). The molecule has 11 nitrogen and oxygen atoms in total. The number of ether oxygens (including phenoxy) is 1. The van der Waals surface area contributed by atoms with Crippen LogP contribution < -0.4 is 15.4 Å². The van der Waals surface area contributed by atoms with Gasteiger partial charge >= 0.3 is 0 Å². The number of carbonyl (C=O) groups excluding carboxylic acids is 2. The SMILES string of the molecule is CC(C)[C@H](O)C(=O)CC1Cc2ccc3c(c2)[C@@]2(c4ccccc4NC2O3)c2oc(nc2-c2nc(CO)co2)[C@H](C2CCCCC2)NC1=O. The third kappa shape index (κ3) is 4.85. The molecule has 4 bridgehead atoms. The molecule has 3 aliphatic heterocycles. The van der Waals surface area contributed by atoms with Crippen molar-refractivity contribution in [1.29, 1.82) is 0 Å². The Hall–Kier alpha value is -4.48. The Morgan fingerprint density at radius 3 is 2.65 bits per heavy atom. The zero-order valence-electron chi connectivity index (χ0n) is 27.1. The zero-order valence-corrected chi connectivity index (χ0v) is 27.1. The van der Waals surface area contributed by atoms with Gasteiger partial charge in [-0.3, -0.25) is 9.59 Å². The van der Waals surface area contributed by atoms with Crippen LogP contribution >= 0.6 is 0 Å². The molecule has 4 aliphatic rings. The fourth-order valence-corrected chi connectivity index (χ4v) is 8.12. The maximum absolute atomic E-state index is 14.3. The van der Waals surface area contributed by atoms with Crippen LogP contribution in [-0.4, -0.2) is 44.2 Å². The molecule has 1 fully saturated rings. The minimum Gasteiger partial charge on any atom is -0.469 e. The van der Waals surface area contributed by atoms with Crippen LogP contribution in [0.2, 0.25) is 0 Å². The number of hydrogen-bond acceptors (Lipinski definition) is 10. The highest BCUT2D eigenvalue weighted by atomic mass is 16.5. The maximum Gasteiger partial charge on any atom is 0.249 e. The predicted molar refractivity (Wildman–Crippen MR) is 174 cm³/mol. The first-order chi connectivity index (χ1) is 23.3. The normalized spacial score (nSPS) is 25.3. The lowest BCUT2D eigenvalue weighted by atomic mass is 9.72. The number of anilines is 1. The van der Waals surface area contributed by atoms with Crippen molar-refractivity contribution < 1.29 is 33.4 Å². The number of ketones is 1. The third-order valence-corrected chi connectivity index (χ3v) is 10.6. The van der Waals surface area contributed by atoms with E-state index >= 15 is 0 Å². The molecule has 1 amide bonds. The van der Waals surface area contributed by atoms with E-state index in [1.54, 1.807) is 13.8 Å². The van der Waals surface area contributed by atoms with E-state index in [2.05, 4.69) is 21.7 Å². The summed E-state index contributed by atoms with van der Waals surface area (Å²) < 4.78 is 19.5. The summed E-state index contributed by atoms with van der Waals surface area (Å²) >= 11 is 0. The Labute approximate surface area is 278 Å². The Balaban J connectivity index is 1.37. The van der Waals surface area contributed by atoms with Crippen LogP contribution in [0.1, 0.15) is 92.4 Å². The summed E-state index contributed by atoms with van der Waals surface area (Å²) in [4.78, 5) is 37.2. The molecule has 0 radical (unpaired) electrons. The molecule has 48 heavy (non-hydrogen) atoms. The molecule has 5 heterocycles. The topological polar surface area (TPSA) is 160 Å². The predicted octanol–water partition coefficient (Wildman–Crippen LogP) is 5.19. The summed E-state index contributed by atoms with van der Waals surface area (Å²) in [7, 11) is 0. The van der Waals surface area contributed by atoms with E-state index in [9.17, 15) is 19.8 Å². The van der Waals surface area contributed by atoms with Crippen LogP contribution in [0.4, 0.5) is 5.69 Å². The molecule has 5 atom stereocenters.